The van der Waals surface area contributed by atoms with Crippen LogP contribution >= 0.6 is 11.3 Å². The molecule has 0 saturated heterocycles. The van der Waals surface area contributed by atoms with Crippen molar-refractivity contribution in [3.63, 3.8) is 0 Å². The molecule has 1 aromatic carbocycles. The smallest absolute Gasteiger partial charge is 0.309 e. The molecule has 0 aliphatic carbocycles. The molecule has 0 amide bonds. The van der Waals surface area contributed by atoms with Gasteiger partial charge in [-0.1, -0.05) is 30.3 Å². The first kappa shape index (κ1) is 11.6. The van der Waals surface area contributed by atoms with Crippen LogP contribution in [0.4, 0.5) is 5.13 Å². The van der Waals surface area contributed by atoms with E-state index in [9.17, 15) is 4.79 Å². The molecule has 88 valence electrons. The molecule has 2 rings (SSSR count). The molecular formula is C12H12N2O2S. The van der Waals surface area contributed by atoms with Crippen LogP contribution in [0.5, 0.6) is 0 Å². The highest BCUT2D eigenvalue weighted by Gasteiger charge is 2.05. The number of carboxylic acids is 1. The van der Waals surface area contributed by atoms with Crippen LogP contribution in [0.3, 0.4) is 0 Å². The number of nitrogens with zero attached hydrogens (tertiary/aromatic N) is 1. The minimum Gasteiger partial charge on any atom is -0.481 e. The highest BCUT2D eigenvalue weighted by atomic mass is 32.1. The zero-order chi connectivity index (χ0) is 12.1. The molecule has 0 fully saturated rings. The zero-order valence-corrected chi connectivity index (χ0v) is 9.91. The Kier molecular flexibility index (Phi) is 3.72. The van der Waals surface area contributed by atoms with Crippen LogP contribution in [0.25, 0.3) is 0 Å². The molecule has 0 bridgehead atoms. The molecule has 2 N–H and O–H groups in total. The Hall–Kier alpha value is -1.88. The number of carbonyl (C=O) groups is 1. The van der Waals surface area contributed by atoms with Gasteiger partial charge in [0, 0.05) is 11.9 Å². The van der Waals surface area contributed by atoms with Gasteiger partial charge in [-0.05, 0) is 5.56 Å². The molecule has 17 heavy (non-hydrogen) atoms. The van der Waals surface area contributed by atoms with Gasteiger partial charge in [-0.15, -0.1) is 11.3 Å². The number of aromatic nitrogens is 1. The van der Waals surface area contributed by atoms with Gasteiger partial charge < -0.3 is 10.4 Å². The Morgan fingerprint density at radius 2 is 2.12 bits per heavy atom. The summed E-state index contributed by atoms with van der Waals surface area (Å²) < 4.78 is 0. The first-order valence-electron chi connectivity index (χ1n) is 5.18. The van der Waals surface area contributed by atoms with Crippen molar-refractivity contribution in [2.45, 2.75) is 13.0 Å². The van der Waals surface area contributed by atoms with Crippen LogP contribution in [0.2, 0.25) is 0 Å². The Bertz CT molecular complexity index is 496. The number of benzene rings is 1. The SMILES string of the molecule is O=C(O)Cc1csc(NCc2ccccc2)n1. The van der Waals surface area contributed by atoms with Gasteiger partial charge in [0.2, 0.25) is 0 Å². The molecule has 0 unspecified atom stereocenters. The van der Waals surface area contributed by atoms with Crippen molar-refractivity contribution in [2.24, 2.45) is 0 Å². The van der Waals surface area contributed by atoms with E-state index >= 15 is 0 Å². The van der Waals surface area contributed by atoms with Gasteiger partial charge in [0.05, 0.1) is 12.1 Å². The zero-order valence-electron chi connectivity index (χ0n) is 9.09. The van der Waals surface area contributed by atoms with Crippen molar-refractivity contribution in [3.8, 4) is 0 Å². The Morgan fingerprint density at radius 1 is 1.35 bits per heavy atom. The van der Waals surface area contributed by atoms with Gasteiger partial charge in [0.1, 0.15) is 0 Å². The van der Waals surface area contributed by atoms with Gasteiger partial charge in [-0.2, -0.15) is 0 Å². The van der Waals surface area contributed by atoms with Crippen LogP contribution in [0.15, 0.2) is 35.7 Å². The maximum atomic E-state index is 10.5. The molecule has 0 atom stereocenters. The third-order valence-corrected chi connectivity index (χ3v) is 3.02. The molecule has 1 heterocycles. The van der Waals surface area contributed by atoms with Crippen molar-refractivity contribution >= 4 is 22.4 Å². The van der Waals surface area contributed by atoms with E-state index in [4.69, 9.17) is 5.11 Å². The fraction of sp³-hybridized carbons (Fsp3) is 0.167. The Labute approximate surface area is 103 Å². The van der Waals surface area contributed by atoms with Crippen molar-refractivity contribution in [1.82, 2.24) is 4.98 Å². The predicted molar refractivity (Wildman–Crippen MR) is 67.2 cm³/mol. The van der Waals surface area contributed by atoms with Crippen LogP contribution in [-0.2, 0) is 17.8 Å². The molecule has 5 heteroatoms. The average molecular weight is 248 g/mol. The Balaban J connectivity index is 1.91. The summed E-state index contributed by atoms with van der Waals surface area (Å²) in [5.74, 6) is -0.857. The van der Waals surface area contributed by atoms with Crippen molar-refractivity contribution in [3.05, 3.63) is 47.0 Å². The first-order chi connectivity index (χ1) is 8.24. The highest BCUT2D eigenvalue weighted by Crippen LogP contribution is 2.16. The number of thiazole rings is 1. The minimum atomic E-state index is -0.857. The van der Waals surface area contributed by atoms with E-state index in [1.165, 1.54) is 16.9 Å². The number of aliphatic carboxylic acids is 1. The summed E-state index contributed by atoms with van der Waals surface area (Å²) >= 11 is 1.43. The van der Waals surface area contributed by atoms with E-state index in [-0.39, 0.29) is 6.42 Å². The van der Waals surface area contributed by atoms with Gasteiger partial charge in [0.15, 0.2) is 5.13 Å². The molecule has 2 aromatic rings. The molecule has 0 aliphatic rings. The van der Waals surface area contributed by atoms with E-state index in [0.29, 0.717) is 12.2 Å². The van der Waals surface area contributed by atoms with E-state index in [2.05, 4.69) is 10.3 Å². The first-order valence-corrected chi connectivity index (χ1v) is 6.06. The number of rotatable bonds is 5. The number of hydrogen-bond donors (Lipinski definition) is 2. The van der Waals surface area contributed by atoms with Crippen molar-refractivity contribution in [1.29, 1.82) is 0 Å². The Morgan fingerprint density at radius 3 is 2.82 bits per heavy atom. The van der Waals surface area contributed by atoms with Gasteiger partial charge >= 0.3 is 5.97 Å². The molecule has 0 radical (unpaired) electrons. The van der Waals surface area contributed by atoms with E-state index in [1.807, 2.05) is 30.3 Å². The average Bonchev–Trinajstić information content (AvgIpc) is 2.75. The van der Waals surface area contributed by atoms with Crippen LogP contribution < -0.4 is 5.32 Å². The fourth-order valence-electron chi connectivity index (χ4n) is 1.40. The van der Waals surface area contributed by atoms with Crippen LogP contribution in [0, 0.1) is 0 Å². The van der Waals surface area contributed by atoms with Crippen molar-refractivity contribution in [2.75, 3.05) is 5.32 Å². The van der Waals surface area contributed by atoms with Crippen molar-refractivity contribution < 1.29 is 9.90 Å². The summed E-state index contributed by atoms with van der Waals surface area (Å²) in [6, 6.07) is 9.98. The normalized spacial score (nSPS) is 10.1. The minimum absolute atomic E-state index is 0.0243. The predicted octanol–water partition coefficient (Wildman–Crippen LogP) is 2.38. The second-order valence-electron chi connectivity index (χ2n) is 3.55. The largest absolute Gasteiger partial charge is 0.481 e. The monoisotopic (exact) mass is 248 g/mol. The topological polar surface area (TPSA) is 62.2 Å². The standard InChI is InChI=1S/C12H12N2O2S/c15-11(16)6-10-8-17-12(14-10)13-7-9-4-2-1-3-5-9/h1-5,8H,6-7H2,(H,13,14)(H,15,16). The number of carboxylic acid groups (broad SMARTS) is 1. The fourth-order valence-corrected chi connectivity index (χ4v) is 2.11. The summed E-state index contributed by atoms with van der Waals surface area (Å²) in [5, 5.41) is 14.3. The van der Waals surface area contributed by atoms with Crippen LogP contribution in [0.1, 0.15) is 11.3 Å². The van der Waals surface area contributed by atoms with E-state index in [0.717, 1.165) is 5.13 Å². The van der Waals surface area contributed by atoms with E-state index < -0.39 is 5.97 Å². The summed E-state index contributed by atoms with van der Waals surface area (Å²) in [7, 11) is 0. The third kappa shape index (κ3) is 3.57. The summed E-state index contributed by atoms with van der Waals surface area (Å²) in [6.45, 7) is 0.695. The summed E-state index contributed by atoms with van der Waals surface area (Å²) in [4.78, 5) is 14.7. The van der Waals surface area contributed by atoms with Gasteiger partial charge in [-0.3, -0.25) is 4.79 Å². The molecule has 0 saturated carbocycles. The maximum Gasteiger partial charge on any atom is 0.309 e. The number of hydrogen-bond acceptors (Lipinski definition) is 4. The summed E-state index contributed by atoms with van der Waals surface area (Å²) in [6.07, 6.45) is -0.0243. The lowest BCUT2D eigenvalue weighted by molar-refractivity contribution is -0.136. The quantitative estimate of drug-likeness (QED) is 0.852. The van der Waals surface area contributed by atoms with Crippen LogP contribution in [-0.4, -0.2) is 16.1 Å². The number of nitrogens with one attached hydrogen (secondary N) is 1. The highest BCUT2D eigenvalue weighted by molar-refractivity contribution is 7.13. The molecule has 0 aliphatic heterocycles. The van der Waals surface area contributed by atoms with Gasteiger partial charge in [-0.25, -0.2) is 4.98 Å². The lowest BCUT2D eigenvalue weighted by Crippen LogP contribution is -2.02. The lowest BCUT2D eigenvalue weighted by Gasteiger charge is -2.01. The molecule has 0 spiro atoms. The van der Waals surface area contributed by atoms with E-state index in [1.54, 1.807) is 5.38 Å². The lowest BCUT2D eigenvalue weighted by atomic mass is 10.2. The summed E-state index contributed by atoms with van der Waals surface area (Å²) in [5.41, 5.74) is 1.76. The second kappa shape index (κ2) is 5.45. The second-order valence-corrected chi connectivity index (χ2v) is 4.41. The molecular weight excluding hydrogens is 236 g/mol. The van der Waals surface area contributed by atoms with Gasteiger partial charge in [0.25, 0.3) is 0 Å². The molecule has 1 aromatic heterocycles. The number of anilines is 1. The maximum absolute atomic E-state index is 10.5. The molecule has 4 nitrogen and oxygen atoms in total. The third-order valence-electron chi connectivity index (χ3n) is 2.17.